The lowest BCUT2D eigenvalue weighted by Gasteiger charge is -2.14. The van der Waals surface area contributed by atoms with Crippen molar-refractivity contribution in [1.82, 2.24) is 4.98 Å². The van der Waals surface area contributed by atoms with Crippen LogP contribution in [0.3, 0.4) is 0 Å². The molecule has 2 aromatic rings. The third-order valence-electron chi connectivity index (χ3n) is 2.77. The molecule has 2 rings (SSSR count). The van der Waals surface area contributed by atoms with Crippen molar-refractivity contribution < 1.29 is 0 Å². The van der Waals surface area contributed by atoms with Gasteiger partial charge in [-0.1, -0.05) is 17.7 Å². The van der Waals surface area contributed by atoms with Gasteiger partial charge in [-0.25, -0.2) is 4.98 Å². The van der Waals surface area contributed by atoms with E-state index in [4.69, 9.17) is 0 Å². The molecule has 1 aromatic carbocycles. The van der Waals surface area contributed by atoms with Crippen molar-refractivity contribution in [2.75, 3.05) is 5.32 Å². The second-order valence-corrected chi connectivity index (χ2v) is 5.65. The molecule has 2 nitrogen and oxygen atoms in total. The van der Waals surface area contributed by atoms with E-state index in [-0.39, 0.29) is 0 Å². The highest BCUT2D eigenvalue weighted by Crippen LogP contribution is 2.27. The SMILES string of the molecule is Cc1ccc(NC(C)c2sc(C)nc2C)cc1. The van der Waals surface area contributed by atoms with Crippen LogP contribution >= 0.6 is 11.3 Å². The van der Waals surface area contributed by atoms with Crippen LogP contribution in [0.5, 0.6) is 0 Å². The topological polar surface area (TPSA) is 24.9 Å². The summed E-state index contributed by atoms with van der Waals surface area (Å²) in [6, 6.07) is 8.80. The van der Waals surface area contributed by atoms with Crippen LogP contribution in [0, 0.1) is 20.8 Å². The molecular formula is C14H18N2S. The smallest absolute Gasteiger partial charge is 0.0900 e. The number of hydrogen-bond acceptors (Lipinski definition) is 3. The maximum absolute atomic E-state index is 4.47. The Kier molecular flexibility index (Phi) is 3.48. The van der Waals surface area contributed by atoms with Gasteiger partial charge in [-0.05, 0) is 39.8 Å². The van der Waals surface area contributed by atoms with E-state index < -0.39 is 0 Å². The van der Waals surface area contributed by atoms with Crippen LogP contribution in [0.1, 0.15) is 34.1 Å². The molecular weight excluding hydrogens is 228 g/mol. The first-order chi connectivity index (χ1) is 8.06. The molecule has 90 valence electrons. The summed E-state index contributed by atoms with van der Waals surface area (Å²) in [4.78, 5) is 5.79. The van der Waals surface area contributed by atoms with Gasteiger partial charge in [0.15, 0.2) is 0 Å². The highest BCUT2D eigenvalue weighted by Gasteiger charge is 2.12. The molecule has 0 saturated carbocycles. The number of hydrogen-bond donors (Lipinski definition) is 1. The van der Waals surface area contributed by atoms with Gasteiger partial charge in [-0.2, -0.15) is 0 Å². The predicted octanol–water partition coefficient (Wildman–Crippen LogP) is 4.24. The monoisotopic (exact) mass is 246 g/mol. The number of aromatic nitrogens is 1. The molecule has 0 saturated heterocycles. The molecule has 0 aliphatic carbocycles. The average Bonchev–Trinajstić information content (AvgIpc) is 2.61. The summed E-state index contributed by atoms with van der Waals surface area (Å²) in [5.74, 6) is 0. The number of benzene rings is 1. The van der Waals surface area contributed by atoms with Crippen molar-refractivity contribution in [2.24, 2.45) is 0 Å². The molecule has 3 heteroatoms. The standard InChI is InChI=1S/C14H18N2S/c1-9-5-7-13(8-6-9)16-11(3)14-10(2)15-12(4)17-14/h5-8,11,16H,1-4H3. The quantitative estimate of drug-likeness (QED) is 0.876. The van der Waals surface area contributed by atoms with Crippen molar-refractivity contribution in [2.45, 2.75) is 33.7 Å². The summed E-state index contributed by atoms with van der Waals surface area (Å²) in [6.45, 7) is 8.41. The lowest BCUT2D eigenvalue weighted by Crippen LogP contribution is -2.06. The van der Waals surface area contributed by atoms with E-state index >= 15 is 0 Å². The van der Waals surface area contributed by atoms with Gasteiger partial charge >= 0.3 is 0 Å². The molecule has 0 spiro atoms. The van der Waals surface area contributed by atoms with Gasteiger partial charge in [0.05, 0.1) is 16.7 Å². The first-order valence-corrected chi connectivity index (χ1v) is 6.65. The van der Waals surface area contributed by atoms with E-state index in [2.05, 4.69) is 62.3 Å². The zero-order valence-corrected chi connectivity index (χ0v) is 11.6. The van der Waals surface area contributed by atoms with Gasteiger partial charge < -0.3 is 5.32 Å². The van der Waals surface area contributed by atoms with Crippen molar-refractivity contribution in [1.29, 1.82) is 0 Å². The number of nitrogens with zero attached hydrogens (tertiary/aromatic N) is 1. The Morgan fingerprint density at radius 3 is 2.29 bits per heavy atom. The molecule has 1 aromatic heterocycles. The van der Waals surface area contributed by atoms with E-state index in [9.17, 15) is 0 Å². The average molecular weight is 246 g/mol. The Hall–Kier alpha value is -1.35. The maximum atomic E-state index is 4.47. The third-order valence-corrected chi connectivity index (χ3v) is 4.02. The van der Waals surface area contributed by atoms with Crippen LogP contribution < -0.4 is 5.32 Å². The minimum Gasteiger partial charge on any atom is -0.378 e. The number of aryl methyl sites for hydroxylation is 3. The van der Waals surface area contributed by atoms with Gasteiger partial charge in [-0.15, -0.1) is 11.3 Å². The Morgan fingerprint density at radius 1 is 1.12 bits per heavy atom. The first-order valence-electron chi connectivity index (χ1n) is 5.83. The maximum Gasteiger partial charge on any atom is 0.0900 e. The lowest BCUT2D eigenvalue weighted by molar-refractivity contribution is 0.890. The molecule has 0 fully saturated rings. The number of rotatable bonds is 3. The summed E-state index contributed by atoms with van der Waals surface area (Å²) >= 11 is 1.77. The summed E-state index contributed by atoms with van der Waals surface area (Å²) in [6.07, 6.45) is 0. The van der Waals surface area contributed by atoms with Crippen molar-refractivity contribution in [3.63, 3.8) is 0 Å². The molecule has 1 unspecified atom stereocenters. The molecule has 1 heterocycles. The fraction of sp³-hybridized carbons (Fsp3) is 0.357. The fourth-order valence-electron chi connectivity index (χ4n) is 1.91. The second-order valence-electron chi connectivity index (χ2n) is 4.41. The van der Waals surface area contributed by atoms with Crippen molar-refractivity contribution >= 4 is 17.0 Å². The van der Waals surface area contributed by atoms with E-state index in [1.54, 1.807) is 11.3 Å². The van der Waals surface area contributed by atoms with Crippen LogP contribution in [-0.2, 0) is 0 Å². The Balaban J connectivity index is 2.14. The van der Waals surface area contributed by atoms with Crippen LogP contribution in [0.4, 0.5) is 5.69 Å². The van der Waals surface area contributed by atoms with Gasteiger partial charge in [-0.3, -0.25) is 0 Å². The number of anilines is 1. The molecule has 0 bridgehead atoms. The molecule has 17 heavy (non-hydrogen) atoms. The zero-order valence-electron chi connectivity index (χ0n) is 10.7. The van der Waals surface area contributed by atoms with Gasteiger partial charge in [0.2, 0.25) is 0 Å². The molecule has 0 aliphatic heterocycles. The minimum absolute atomic E-state index is 0.309. The largest absolute Gasteiger partial charge is 0.378 e. The number of nitrogens with one attached hydrogen (secondary N) is 1. The van der Waals surface area contributed by atoms with Gasteiger partial charge in [0, 0.05) is 10.6 Å². The highest BCUT2D eigenvalue weighted by atomic mass is 32.1. The Labute approximate surface area is 107 Å². The first kappa shape index (κ1) is 12.1. The normalized spacial score (nSPS) is 12.5. The van der Waals surface area contributed by atoms with Crippen LogP contribution in [0.2, 0.25) is 0 Å². The van der Waals surface area contributed by atoms with Gasteiger partial charge in [0.25, 0.3) is 0 Å². The summed E-state index contributed by atoms with van der Waals surface area (Å²) in [5.41, 5.74) is 3.58. The second kappa shape index (κ2) is 4.88. The summed E-state index contributed by atoms with van der Waals surface area (Å²) < 4.78 is 0. The van der Waals surface area contributed by atoms with E-state index in [0.29, 0.717) is 6.04 Å². The van der Waals surface area contributed by atoms with E-state index in [0.717, 1.165) is 16.4 Å². The molecule has 0 amide bonds. The fourth-order valence-corrected chi connectivity index (χ4v) is 2.84. The van der Waals surface area contributed by atoms with E-state index in [1.807, 2.05) is 0 Å². The van der Waals surface area contributed by atoms with Gasteiger partial charge in [0.1, 0.15) is 0 Å². The van der Waals surface area contributed by atoms with Crippen molar-refractivity contribution in [3.8, 4) is 0 Å². The van der Waals surface area contributed by atoms with Crippen LogP contribution in [0.15, 0.2) is 24.3 Å². The Bertz CT molecular complexity index is 499. The summed E-state index contributed by atoms with van der Waals surface area (Å²) in [5, 5.41) is 4.64. The minimum atomic E-state index is 0.309. The lowest BCUT2D eigenvalue weighted by atomic mass is 10.2. The molecule has 1 atom stereocenters. The summed E-state index contributed by atoms with van der Waals surface area (Å²) in [7, 11) is 0. The van der Waals surface area contributed by atoms with Crippen LogP contribution in [-0.4, -0.2) is 4.98 Å². The van der Waals surface area contributed by atoms with Crippen LogP contribution in [0.25, 0.3) is 0 Å². The van der Waals surface area contributed by atoms with E-state index in [1.165, 1.54) is 10.4 Å². The van der Waals surface area contributed by atoms with Crippen molar-refractivity contribution in [3.05, 3.63) is 45.4 Å². The Morgan fingerprint density at radius 2 is 1.76 bits per heavy atom. The molecule has 1 N–H and O–H groups in total. The zero-order chi connectivity index (χ0) is 12.4. The number of thiazole rings is 1. The predicted molar refractivity (Wildman–Crippen MR) is 74.8 cm³/mol. The molecule has 0 radical (unpaired) electrons. The highest BCUT2D eigenvalue weighted by molar-refractivity contribution is 7.11. The molecule has 0 aliphatic rings. The third kappa shape index (κ3) is 2.86.